The Kier molecular flexibility index (Phi) is 6.01. The molecule has 0 heterocycles. The molecule has 1 amide bonds. The van der Waals surface area contributed by atoms with Gasteiger partial charge in [-0.15, -0.1) is 0 Å². The Balaban J connectivity index is 2.40. The number of hydroxylamine groups is 2. The van der Waals surface area contributed by atoms with Crippen molar-refractivity contribution >= 4 is 15.7 Å². The van der Waals surface area contributed by atoms with Gasteiger partial charge >= 0.3 is 0 Å². The Hall–Kier alpha value is -2.42. The van der Waals surface area contributed by atoms with E-state index < -0.39 is 31.5 Å². The summed E-state index contributed by atoms with van der Waals surface area (Å²) in [6.45, 7) is 1.20. The van der Waals surface area contributed by atoms with E-state index >= 15 is 0 Å². The van der Waals surface area contributed by atoms with Crippen molar-refractivity contribution in [2.75, 3.05) is 7.11 Å². The van der Waals surface area contributed by atoms with Crippen LogP contribution in [0.5, 0.6) is 5.75 Å². The molecule has 0 spiro atoms. The molecule has 2 rings (SSSR count). The first kappa shape index (κ1) is 19.9. The Morgan fingerprint density at radius 1 is 1.04 bits per heavy atom. The maximum absolute atomic E-state index is 13.0. The summed E-state index contributed by atoms with van der Waals surface area (Å²) in [5.41, 5.74) is 1.05. The lowest BCUT2D eigenvalue weighted by Crippen LogP contribution is -2.52. The highest BCUT2D eigenvalue weighted by atomic mass is 32.2. The fourth-order valence-electron chi connectivity index (χ4n) is 2.62. The van der Waals surface area contributed by atoms with Crippen LogP contribution in [0, 0.1) is 0 Å². The minimum atomic E-state index is -4.09. The lowest BCUT2D eigenvalue weighted by Gasteiger charge is -2.29. The van der Waals surface area contributed by atoms with Gasteiger partial charge < -0.3 is 4.74 Å². The number of sulfone groups is 1. The first-order chi connectivity index (χ1) is 12.2. The molecule has 2 N–H and O–H groups in total. The van der Waals surface area contributed by atoms with Gasteiger partial charge in [0.25, 0.3) is 5.91 Å². The lowest BCUT2D eigenvalue weighted by atomic mass is 9.99. The van der Waals surface area contributed by atoms with Crippen LogP contribution < -0.4 is 4.74 Å². The normalized spacial score (nSPS) is 13.7. The highest BCUT2D eigenvalue weighted by Crippen LogP contribution is 2.28. The van der Waals surface area contributed by atoms with Gasteiger partial charge in [-0.05, 0) is 30.2 Å². The molecule has 0 aliphatic rings. The third-order valence-corrected chi connectivity index (χ3v) is 6.63. The molecule has 7 nitrogen and oxygen atoms in total. The first-order valence-corrected chi connectivity index (χ1v) is 9.46. The Labute approximate surface area is 152 Å². The third-order valence-electron chi connectivity index (χ3n) is 4.22. The monoisotopic (exact) mass is 379 g/mol. The van der Waals surface area contributed by atoms with Crippen LogP contribution in [0.4, 0.5) is 0 Å². The molecule has 1 unspecified atom stereocenters. The van der Waals surface area contributed by atoms with Gasteiger partial charge in [-0.2, -0.15) is 0 Å². The number of carbonyl (C=O) groups is 1. The van der Waals surface area contributed by atoms with Crippen molar-refractivity contribution in [2.24, 2.45) is 0 Å². The van der Waals surface area contributed by atoms with E-state index in [9.17, 15) is 23.6 Å². The molecule has 0 aliphatic carbocycles. The van der Waals surface area contributed by atoms with Gasteiger partial charge in [-0.25, -0.2) is 8.42 Å². The minimum Gasteiger partial charge on any atom is -0.497 e. The van der Waals surface area contributed by atoms with E-state index in [-0.39, 0.29) is 6.42 Å². The largest absolute Gasteiger partial charge is 0.497 e. The van der Waals surface area contributed by atoms with Gasteiger partial charge in [-0.3, -0.25) is 15.2 Å². The zero-order valence-electron chi connectivity index (χ0n) is 14.5. The van der Waals surface area contributed by atoms with Crippen molar-refractivity contribution < 1.29 is 28.4 Å². The van der Waals surface area contributed by atoms with Crippen LogP contribution in [0.15, 0.2) is 54.6 Å². The number of nitrogens with zero attached hydrogens (tertiary/aromatic N) is 1. The summed E-state index contributed by atoms with van der Waals surface area (Å²) < 4.78 is 29.0. The van der Waals surface area contributed by atoms with Crippen molar-refractivity contribution in [3.63, 3.8) is 0 Å². The molecule has 0 bridgehead atoms. The molecule has 0 aliphatic heterocycles. The zero-order valence-corrected chi connectivity index (χ0v) is 15.3. The summed E-state index contributed by atoms with van der Waals surface area (Å²) in [5.74, 6) is -1.17. The predicted octanol–water partition coefficient (Wildman–Crippen LogP) is 2.22. The molecule has 26 heavy (non-hydrogen) atoms. The summed E-state index contributed by atoms with van der Waals surface area (Å²) in [5, 5.41) is 17.7. The number of ether oxygens (including phenoxy) is 1. The van der Waals surface area contributed by atoms with E-state index in [4.69, 9.17) is 4.74 Å². The second kappa shape index (κ2) is 7.86. The molecule has 0 aromatic heterocycles. The van der Waals surface area contributed by atoms with E-state index in [1.165, 1.54) is 14.0 Å². The van der Waals surface area contributed by atoms with Crippen LogP contribution in [0.25, 0.3) is 0 Å². The Morgan fingerprint density at radius 3 is 2.12 bits per heavy atom. The maximum atomic E-state index is 13.0. The molecule has 2 aromatic carbocycles. The highest BCUT2D eigenvalue weighted by Gasteiger charge is 2.48. The number of carbonyl (C=O) groups excluding carboxylic acids is 1. The average molecular weight is 379 g/mol. The topological polar surface area (TPSA) is 104 Å². The number of amides is 1. The third kappa shape index (κ3) is 4.21. The maximum Gasteiger partial charge on any atom is 0.294 e. The van der Waals surface area contributed by atoms with Gasteiger partial charge in [0.1, 0.15) is 5.75 Å². The minimum absolute atomic E-state index is 0.192. The quantitative estimate of drug-likeness (QED) is 0.565. The molecule has 2 aromatic rings. The second-order valence-electron chi connectivity index (χ2n) is 6.09. The zero-order chi connectivity index (χ0) is 19.4. The van der Waals surface area contributed by atoms with Crippen molar-refractivity contribution in [1.29, 1.82) is 0 Å². The van der Waals surface area contributed by atoms with Gasteiger partial charge in [0.05, 0.1) is 12.9 Å². The highest BCUT2D eigenvalue weighted by molar-refractivity contribution is 7.92. The van der Waals surface area contributed by atoms with E-state index in [1.807, 2.05) is 0 Å². The number of hydrogen-bond acceptors (Lipinski definition) is 6. The number of benzene rings is 2. The van der Waals surface area contributed by atoms with Crippen LogP contribution >= 0.6 is 0 Å². The van der Waals surface area contributed by atoms with E-state index in [0.717, 1.165) is 0 Å². The van der Waals surface area contributed by atoms with Gasteiger partial charge in [0.15, 0.2) is 14.6 Å². The van der Waals surface area contributed by atoms with E-state index in [1.54, 1.807) is 54.6 Å². The van der Waals surface area contributed by atoms with Crippen LogP contribution in [0.3, 0.4) is 0 Å². The van der Waals surface area contributed by atoms with Crippen LogP contribution in [0.1, 0.15) is 18.1 Å². The number of rotatable bonds is 7. The number of hydrogen-bond donors (Lipinski definition) is 2. The van der Waals surface area contributed by atoms with Crippen LogP contribution in [-0.4, -0.2) is 41.8 Å². The van der Waals surface area contributed by atoms with Gasteiger partial charge in [-0.1, -0.05) is 47.7 Å². The van der Waals surface area contributed by atoms with E-state index in [2.05, 4.69) is 0 Å². The van der Waals surface area contributed by atoms with Crippen LogP contribution in [-0.2, 0) is 26.8 Å². The molecule has 140 valence electrons. The molecule has 0 saturated carbocycles. The molecule has 8 heteroatoms. The SMILES string of the molecule is COc1ccc(CS(=O)(=O)C(C)(Cc2ccccc2)C(=O)N(O)O)cc1. The Bertz CT molecular complexity index is 849. The van der Waals surface area contributed by atoms with Crippen LogP contribution in [0.2, 0.25) is 0 Å². The Morgan fingerprint density at radius 2 is 1.62 bits per heavy atom. The fourth-order valence-corrected chi connectivity index (χ4v) is 4.30. The summed E-state index contributed by atoms with van der Waals surface area (Å²) >= 11 is 0. The summed E-state index contributed by atoms with van der Waals surface area (Å²) in [6, 6.07) is 14.9. The summed E-state index contributed by atoms with van der Waals surface area (Å²) in [7, 11) is -2.59. The second-order valence-corrected chi connectivity index (χ2v) is 8.51. The van der Waals surface area contributed by atoms with E-state index in [0.29, 0.717) is 16.9 Å². The summed E-state index contributed by atoms with van der Waals surface area (Å²) in [4.78, 5) is 12.3. The van der Waals surface area contributed by atoms with Crippen molar-refractivity contribution in [1.82, 2.24) is 5.23 Å². The molecule has 0 fully saturated rings. The summed E-state index contributed by atoms with van der Waals surface area (Å²) in [6.07, 6.45) is -0.192. The molecule has 0 saturated heterocycles. The van der Waals surface area contributed by atoms with Crippen molar-refractivity contribution in [2.45, 2.75) is 23.8 Å². The first-order valence-electron chi connectivity index (χ1n) is 7.81. The molecule has 1 atom stereocenters. The van der Waals surface area contributed by atoms with Gasteiger partial charge in [0.2, 0.25) is 0 Å². The predicted molar refractivity (Wildman–Crippen MR) is 94.6 cm³/mol. The number of methoxy groups -OCH3 is 1. The average Bonchev–Trinajstić information content (AvgIpc) is 2.62. The van der Waals surface area contributed by atoms with Crippen molar-refractivity contribution in [3.8, 4) is 5.75 Å². The lowest BCUT2D eigenvalue weighted by molar-refractivity contribution is -0.286. The smallest absolute Gasteiger partial charge is 0.294 e. The fraction of sp³-hybridized carbons (Fsp3) is 0.278. The molecular formula is C18H21NO6S. The van der Waals surface area contributed by atoms with Crippen molar-refractivity contribution in [3.05, 3.63) is 65.7 Å². The molecule has 0 radical (unpaired) electrons. The van der Waals surface area contributed by atoms with Gasteiger partial charge in [0, 0.05) is 6.42 Å². The molecular weight excluding hydrogens is 358 g/mol. The standard InChI is InChI=1S/C18H21NO6S/c1-18(17(20)19(21)22,12-14-6-4-3-5-7-14)26(23,24)13-15-8-10-16(25-2)11-9-15/h3-11,21-22H,12-13H2,1-2H3.